The molecule has 0 saturated heterocycles. The molecule has 8 heteroatoms. The fraction of sp³-hybridized carbons (Fsp3) is 0.909. The van der Waals surface area contributed by atoms with Crippen LogP contribution in [0.1, 0.15) is 64.7 Å². The minimum atomic E-state index is -2.64. The van der Waals surface area contributed by atoms with Gasteiger partial charge in [0, 0.05) is 5.92 Å². The molecule has 6 nitrogen and oxygen atoms in total. The lowest BCUT2D eigenvalue weighted by molar-refractivity contribution is -0.160. The topological polar surface area (TPSA) is 77.0 Å². The first-order valence-corrected chi connectivity index (χ1v) is 11.7. The van der Waals surface area contributed by atoms with Crippen molar-refractivity contribution < 1.29 is 18.7 Å². The maximum Gasteiger partial charge on any atom is 0.266 e. The lowest BCUT2D eigenvalue weighted by atomic mass is 9.49. The molecular formula is C22H34F2N4O2. The van der Waals surface area contributed by atoms with Gasteiger partial charge in [0.1, 0.15) is 11.9 Å². The largest absolute Gasteiger partial charge is 0.384 e. The molecule has 168 valence electrons. The van der Waals surface area contributed by atoms with Gasteiger partial charge in [0.2, 0.25) is 0 Å². The van der Waals surface area contributed by atoms with Gasteiger partial charge in [-0.25, -0.2) is 14.3 Å². The van der Waals surface area contributed by atoms with Gasteiger partial charge < -0.3 is 5.11 Å². The number of nitrogens with one attached hydrogen (secondary N) is 2. The molecule has 5 aliphatic rings. The number of hydrazine groups is 2. The Balaban J connectivity index is 1.28. The predicted molar refractivity (Wildman–Crippen MR) is 108 cm³/mol. The standard InChI is InChI=1S/C22H34F2N4O2/c1-21-8-6-15-14-7-9-22(30,20(23)24)10-13(14)2-3-16(15)17(21)4-5-18(21)19(29)11-28-12-25-26-27-28/h12-18,20,26-27,30H,2-11H2,1H3. The molecule has 0 aromatic rings. The fourth-order valence-electron chi connectivity index (χ4n) is 8.22. The molecule has 30 heavy (non-hydrogen) atoms. The molecule has 0 spiro atoms. The summed E-state index contributed by atoms with van der Waals surface area (Å²) in [5.74, 6) is 2.82. The maximum absolute atomic E-state index is 13.4. The molecule has 3 N–H and O–H groups in total. The van der Waals surface area contributed by atoms with Gasteiger partial charge in [-0.3, -0.25) is 9.80 Å². The summed E-state index contributed by atoms with van der Waals surface area (Å²) in [5.41, 5.74) is 3.77. The van der Waals surface area contributed by atoms with Crippen LogP contribution in [-0.4, -0.2) is 40.8 Å². The van der Waals surface area contributed by atoms with E-state index in [1.54, 1.807) is 11.3 Å². The number of Topliss-reactive ketones (excluding diaryl/α,β-unsaturated/α-hetero) is 1. The molecule has 1 heterocycles. The zero-order valence-corrected chi connectivity index (χ0v) is 17.7. The van der Waals surface area contributed by atoms with Crippen molar-refractivity contribution in [2.24, 2.45) is 46.0 Å². The summed E-state index contributed by atoms with van der Waals surface area (Å²) in [7, 11) is 0. The van der Waals surface area contributed by atoms with Crippen molar-refractivity contribution in [1.82, 2.24) is 16.1 Å². The minimum Gasteiger partial charge on any atom is -0.384 e. The Bertz CT molecular complexity index is 721. The first kappa shape index (κ1) is 20.6. The molecule has 0 radical (unpaired) electrons. The zero-order chi connectivity index (χ0) is 21.1. The molecule has 8 unspecified atom stereocenters. The number of hydrogen-bond acceptors (Lipinski definition) is 6. The van der Waals surface area contributed by atoms with E-state index in [1.807, 2.05) is 0 Å². The van der Waals surface area contributed by atoms with Crippen LogP contribution in [0.4, 0.5) is 8.78 Å². The lowest BCUT2D eigenvalue weighted by Gasteiger charge is -2.57. The number of aliphatic hydroxyl groups is 1. The highest BCUT2D eigenvalue weighted by Gasteiger charge is 2.59. The summed E-state index contributed by atoms with van der Waals surface area (Å²) in [6.45, 7) is 2.66. The number of fused-ring (bicyclic) bond motifs is 5. The van der Waals surface area contributed by atoms with Crippen LogP contribution < -0.4 is 11.1 Å². The van der Waals surface area contributed by atoms with Crippen LogP contribution in [0.15, 0.2) is 5.10 Å². The third kappa shape index (κ3) is 3.17. The highest BCUT2D eigenvalue weighted by atomic mass is 19.3. The highest BCUT2D eigenvalue weighted by molar-refractivity contribution is 5.85. The Kier molecular flexibility index (Phi) is 5.08. The monoisotopic (exact) mass is 424 g/mol. The second-order valence-corrected chi connectivity index (χ2v) is 10.8. The maximum atomic E-state index is 13.4. The van der Waals surface area contributed by atoms with Crippen LogP contribution in [0.5, 0.6) is 0 Å². The van der Waals surface area contributed by atoms with Crippen LogP contribution in [-0.2, 0) is 4.79 Å². The van der Waals surface area contributed by atoms with Crippen molar-refractivity contribution in [3.05, 3.63) is 0 Å². The van der Waals surface area contributed by atoms with E-state index in [-0.39, 0.29) is 35.9 Å². The van der Waals surface area contributed by atoms with E-state index in [0.717, 1.165) is 44.9 Å². The summed E-state index contributed by atoms with van der Waals surface area (Å²) < 4.78 is 26.8. The number of ketones is 1. The average Bonchev–Trinajstić information content (AvgIpc) is 3.34. The van der Waals surface area contributed by atoms with Crippen molar-refractivity contribution in [3.63, 3.8) is 0 Å². The SMILES string of the molecule is CC12CCC3C4CCC(O)(C(F)F)CC4CCC3C1CCC2C(=O)CN1C=NNN1. The Hall–Kier alpha value is -1.28. The summed E-state index contributed by atoms with van der Waals surface area (Å²) in [6, 6.07) is 0. The Morgan fingerprint density at radius 2 is 1.97 bits per heavy atom. The first-order chi connectivity index (χ1) is 14.3. The number of rotatable bonds is 4. The molecule has 0 aromatic carbocycles. The number of alkyl halides is 2. The first-order valence-electron chi connectivity index (χ1n) is 11.7. The Morgan fingerprint density at radius 3 is 2.70 bits per heavy atom. The van der Waals surface area contributed by atoms with E-state index in [1.165, 1.54) is 0 Å². The summed E-state index contributed by atoms with van der Waals surface area (Å²) in [6.07, 6.45) is 6.42. The smallest absolute Gasteiger partial charge is 0.266 e. The van der Waals surface area contributed by atoms with E-state index in [2.05, 4.69) is 23.1 Å². The van der Waals surface area contributed by atoms with E-state index in [0.29, 0.717) is 30.2 Å². The summed E-state index contributed by atoms with van der Waals surface area (Å²) in [5, 5.41) is 16.0. The van der Waals surface area contributed by atoms with Gasteiger partial charge >= 0.3 is 0 Å². The molecule has 4 saturated carbocycles. The Labute approximate surface area is 176 Å². The van der Waals surface area contributed by atoms with Crippen LogP contribution >= 0.6 is 0 Å². The van der Waals surface area contributed by atoms with Crippen molar-refractivity contribution in [2.75, 3.05) is 6.54 Å². The number of halogens is 2. The molecule has 0 bridgehead atoms. The van der Waals surface area contributed by atoms with Gasteiger partial charge in [0.05, 0.1) is 6.54 Å². The van der Waals surface area contributed by atoms with Gasteiger partial charge in [-0.1, -0.05) is 6.92 Å². The number of hydrogen-bond donors (Lipinski definition) is 3. The number of carbonyl (C=O) groups excluding carboxylic acids is 1. The van der Waals surface area contributed by atoms with Gasteiger partial charge in [-0.05, 0) is 92.8 Å². The molecule has 4 fully saturated rings. The van der Waals surface area contributed by atoms with Crippen LogP contribution in [0.3, 0.4) is 0 Å². The second-order valence-electron chi connectivity index (χ2n) is 10.8. The van der Waals surface area contributed by atoms with Crippen molar-refractivity contribution in [3.8, 4) is 0 Å². The number of nitrogens with zero attached hydrogens (tertiary/aromatic N) is 2. The second kappa shape index (κ2) is 7.40. The van der Waals surface area contributed by atoms with Gasteiger partial charge in [0.25, 0.3) is 6.43 Å². The molecule has 1 aliphatic heterocycles. The van der Waals surface area contributed by atoms with Crippen LogP contribution in [0.2, 0.25) is 0 Å². The van der Waals surface area contributed by atoms with Gasteiger partial charge in [-0.2, -0.15) is 5.10 Å². The van der Waals surface area contributed by atoms with Crippen LogP contribution in [0, 0.1) is 40.9 Å². The van der Waals surface area contributed by atoms with E-state index < -0.39 is 12.0 Å². The number of hydrazone groups is 1. The molecule has 8 atom stereocenters. The van der Waals surface area contributed by atoms with Gasteiger partial charge in [-0.15, -0.1) is 5.53 Å². The third-order valence-electron chi connectivity index (χ3n) is 9.62. The minimum absolute atomic E-state index is 0.0494. The Morgan fingerprint density at radius 1 is 1.17 bits per heavy atom. The lowest BCUT2D eigenvalue weighted by Crippen LogP contribution is -2.53. The summed E-state index contributed by atoms with van der Waals surface area (Å²) in [4.78, 5) is 13.1. The third-order valence-corrected chi connectivity index (χ3v) is 9.62. The van der Waals surface area contributed by atoms with Crippen molar-refractivity contribution >= 4 is 12.1 Å². The molecule has 0 aromatic heterocycles. The van der Waals surface area contributed by atoms with E-state index in [9.17, 15) is 18.7 Å². The predicted octanol–water partition coefficient (Wildman–Crippen LogP) is 3.09. The quantitative estimate of drug-likeness (QED) is 0.647. The number of carbonyl (C=O) groups is 1. The zero-order valence-electron chi connectivity index (χ0n) is 17.7. The summed E-state index contributed by atoms with van der Waals surface area (Å²) >= 11 is 0. The highest BCUT2D eigenvalue weighted by Crippen LogP contribution is 2.64. The molecule has 4 aliphatic carbocycles. The van der Waals surface area contributed by atoms with E-state index >= 15 is 0 Å². The molecular weight excluding hydrogens is 390 g/mol. The van der Waals surface area contributed by atoms with E-state index in [4.69, 9.17) is 0 Å². The van der Waals surface area contributed by atoms with Gasteiger partial charge in [0.15, 0.2) is 5.78 Å². The molecule has 5 rings (SSSR count). The van der Waals surface area contributed by atoms with Crippen molar-refractivity contribution in [1.29, 1.82) is 0 Å². The van der Waals surface area contributed by atoms with Crippen molar-refractivity contribution in [2.45, 2.75) is 76.7 Å². The molecule has 0 amide bonds. The fourth-order valence-corrected chi connectivity index (χ4v) is 8.22. The average molecular weight is 425 g/mol. The normalized spacial score (nSPS) is 47.6. The van der Waals surface area contributed by atoms with Crippen LogP contribution in [0.25, 0.3) is 0 Å².